The summed E-state index contributed by atoms with van der Waals surface area (Å²) in [7, 11) is -4.02. The molecule has 12 nitrogen and oxygen atoms in total. The van der Waals surface area contributed by atoms with Gasteiger partial charge in [0.2, 0.25) is 5.96 Å². The van der Waals surface area contributed by atoms with E-state index in [1.54, 1.807) is 6.92 Å². The van der Waals surface area contributed by atoms with Crippen molar-refractivity contribution in [2.75, 3.05) is 0 Å². The number of nitrogens with two attached hydrogens (primary N) is 2. The average molecular weight is 428 g/mol. The van der Waals surface area contributed by atoms with E-state index >= 15 is 0 Å². The van der Waals surface area contributed by atoms with Gasteiger partial charge in [0.25, 0.3) is 21.8 Å². The molecule has 1 aliphatic rings. The van der Waals surface area contributed by atoms with E-state index in [0.29, 0.717) is 0 Å². The highest BCUT2D eigenvalue weighted by atomic mass is 32.2. The number of hydrazone groups is 1. The molecule has 3 rings (SSSR count). The highest BCUT2D eigenvalue weighted by Gasteiger charge is 2.38. The van der Waals surface area contributed by atoms with Crippen LogP contribution in [0.4, 0.5) is 5.69 Å². The number of sulfonamides is 1. The number of carbonyl (C=O) groups excluding carboxylic acids is 2. The maximum Gasteiger partial charge on any atom is 0.285 e. The Morgan fingerprint density at radius 1 is 1.10 bits per heavy atom. The van der Waals surface area contributed by atoms with Crippen LogP contribution in [0.15, 0.2) is 73.4 Å². The number of benzene rings is 1. The van der Waals surface area contributed by atoms with Gasteiger partial charge in [-0.25, -0.2) is 0 Å². The maximum absolute atomic E-state index is 12.5. The fourth-order valence-corrected chi connectivity index (χ4v) is 3.32. The first-order chi connectivity index (χ1) is 14.2. The second kappa shape index (κ2) is 8.16. The van der Waals surface area contributed by atoms with Crippen molar-refractivity contribution in [1.82, 2.24) is 9.99 Å². The molecule has 2 amide bonds. The van der Waals surface area contributed by atoms with Gasteiger partial charge in [0.05, 0.1) is 16.3 Å². The lowest BCUT2D eigenvalue weighted by molar-refractivity contribution is -0.127. The van der Waals surface area contributed by atoms with Crippen molar-refractivity contribution >= 4 is 39.2 Å². The van der Waals surface area contributed by atoms with Gasteiger partial charge in [-0.3, -0.25) is 14.6 Å². The van der Waals surface area contributed by atoms with Gasteiger partial charge >= 0.3 is 0 Å². The monoisotopic (exact) mass is 428 g/mol. The number of hydrogen-bond acceptors (Lipinski definition) is 8. The largest absolute Gasteiger partial charge is 0.369 e. The van der Waals surface area contributed by atoms with E-state index in [0.717, 1.165) is 5.01 Å². The van der Waals surface area contributed by atoms with E-state index < -0.39 is 33.8 Å². The van der Waals surface area contributed by atoms with Gasteiger partial charge in [-0.15, -0.1) is 4.40 Å². The van der Waals surface area contributed by atoms with Gasteiger partial charge in [-0.2, -0.15) is 28.8 Å². The molecule has 0 radical (unpaired) electrons. The Bertz CT molecular complexity index is 1170. The fraction of sp³-hybridized carbons (Fsp3) is 0.118. The minimum Gasteiger partial charge on any atom is -0.369 e. The van der Waals surface area contributed by atoms with Crippen LogP contribution in [0.3, 0.4) is 0 Å². The normalized spacial score (nSPS) is 16.6. The lowest BCUT2D eigenvalue weighted by atomic mass is 10.2. The van der Waals surface area contributed by atoms with Crippen LogP contribution in [0, 0.1) is 0 Å². The zero-order chi connectivity index (χ0) is 21.9. The standard InChI is InChI=1S/C17H16N8O4S/c1-10-14(16(27)25(23-10)15(26)11-6-8-20-9-7-11)22-21-12-2-4-13(5-3-12)30(28,29)24-17(18)19/h2-9,14H,1H3,(H4,18,19,24)/t14-/m1/s1. The van der Waals surface area contributed by atoms with Crippen molar-refractivity contribution in [2.24, 2.45) is 31.2 Å². The molecular formula is C17H16N8O4S. The van der Waals surface area contributed by atoms with Crippen molar-refractivity contribution in [3.8, 4) is 0 Å². The molecular weight excluding hydrogens is 412 g/mol. The van der Waals surface area contributed by atoms with Gasteiger partial charge in [-0.1, -0.05) is 0 Å². The number of pyridine rings is 1. The van der Waals surface area contributed by atoms with E-state index in [9.17, 15) is 18.0 Å². The summed E-state index contributed by atoms with van der Waals surface area (Å²) in [6.45, 7) is 1.55. The number of amides is 2. The summed E-state index contributed by atoms with van der Waals surface area (Å²) in [4.78, 5) is 28.7. The van der Waals surface area contributed by atoms with E-state index in [1.165, 1.54) is 48.8 Å². The van der Waals surface area contributed by atoms with Crippen molar-refractivity contribution in [3.63, 3.8) is 0 Å². The number of guanidine groups is 1. The van der Waals surface area contributed by atoms with E-state index in [1.807, 2.05) is 0 Å². The van der Waals surface area contributed by atoms with Crippen molar-refractivity contribution in [3.05, 3.63) is 54.4 Å². The van der Waals surface area contributed by atoms with Crippen LogP contribution in [-0.2, 0) is 14.8 Å². The molecule has 4 N–H and O–H groups in total. The van der Waals surface area contributed by atoms with E-state index in [-0.39, 0.29) is 21.9 Å². The number of hydrogen-bond donors (Lipinski definition) is 2. The number of carbonyl (C=O) groups is 2. The Labute approximate surface area is 171 Å². The van der Waals surface area contributed by atoms with Crippen LogP contribution in [0.1, 0.15) is 17.3 Å². The SMILES string of the molecule is CC1=NN(C(=O)c2ccncc2)C(=O)[C@@H]1N=Nc1ccc(S(=O)(=O)N=C(N)N)cc1. The molecule has 0 saturated heterocycles. The summed E-state index contributed by atoms with van der Waals surface area (Å²) in [5, 5.41) is 12.6. The summed E-state index contributed by atoms with van der Waals surface area (Å²) in [6.07, 6.45) is 2.86. The highest BCUT2D eigenvalue weighted by molar-refractivity contribution is 7.90. The third kappa shape index (κ3) is 4.35. The van der Waals surface area contributed by atoms with Gasteiger partial charge in [0, 0.05) is 18.0 Å². The summed E-state index contributed by atoms with van der Waals surface area (Å²) < 4.78 is 27.0. The predicted octanol–water partition coefficient (Wildman–Crippen LogP) is 0.554. The molecule has 2 heterocycles. The minimum absolute atomic E-state index is 0.140. The number of azo groups is 1. The van der Waals surface area contributed by atoms with E-state index in [2.05, 4.69) is 24.7 Å². The Morgan fingerprint density at radius 2 is 1.73 bits per heavy atom. The van der Waals surface area contributed by atoms with Crippen molar-refractivity contribution in [1.29, 1.82) is 0 Å². The minimum atomic E-state index is -4.02. The van der Waals surface area contributed by atoms with Crippen LogP contribution in [0.2, 0.25) is 0 Å². The molecule has 1 aromatic carbocycles. The first-order valence-electron chi connectivity index (χ1n) is 8.39. The summed E-state index contributed by atoms with van der Waals surface area (Å²) in [6, 6.07) is 7.08. The summed E-state index contributed by atoms with van der Waals surface area (Å²) >= 11 is 0. The Morgan fingerprint density at radius 3 is 2.33 bits per heavy atom. The van der Waals surface area contributed by atoms with Crippen LogP contribution in [0.5, 0.6) is 0 Å². The molecule has 0 fully saturated rings. The summed E-state index contributed by atoms with van der Waals surface area (Å²) in [5.74, 6) is -1.84. The molecule has 0 aliphatic carbocycles. The van der Waals surface area contributed by atoms with Crippen molar-refractivity contribution < 1.29 is 18.0 Å². The quantitative estimate of drug-likeness (QED) is 0.301. The second-order valence-corrected chi connectivity index (χ2v) is 7.64. The Balaban J connectivity index is 1.75. The molecule has 30 heavy (non-hydrogen) atoms. The molecule has 0 saturated carbocycles. The van der Waals surface area contributed by atoms with Crippen LogP contribution in [0.25, 0.3) is 0 Å². The number of nitrogens with zero attached hydrogens (tertiary/aromatic N) is 6. The molecule has 0 spiro atoms. The van der Waals surface area contributed by atoms with E-state index in [4.69, 9.17) is 11.5 Å². The zero-order valence-corrected chi connectivity index (χ0v) is 16.4. The van der Waals surface area contributed by atoms with Crippen LogP contribution >= 0.6 is 0 Å². The number of rotatable bonds is 5. The molecule has 154 valence electrons. The van der Waals surface area contributed by atoms with Crippen molar-refractivity contribution in [2.45, 2.75) is 17.9 Å². The third-order valence-corrected chi connectivity index (χ3v) is 5.18. The predicted molar refractivity (Wildman–Crippen MR) is 106 cm³/mol. The molecule has 0 unspecified atom stereocenters. The zero-order valence-electron chi connectivity index (χ0n) is 15.6. The lowest BCUT2D eigenvalue weighted by Gasteiger charge is -2.10. The van der Waals surface area contributed by atoms with Gasteiger partial charge in [-0.05, 0) is 43.3 Å². The second-order valence-electron chi connectivity index (χ2n) is 6.04. The maximum atomic E-state index is 12.5. The first-order valence-corrected chi connectivity index (χ1v) is 9.83. The lowest BCUT2D eigenvalue weighted by Crippen LogP contribution is -2.34. The van der Waals surface area contributed by atoms with Gasteiger partial charge < -0.3 is 11.5 Å². The summed E-state index contributed by atoms with van der Waals surface area (Å²) in [5.41, 5.74) is 11.0. The highest BCUT2D eigenvalue weighted by Crippen LogP contribution is 2.21. The average Bonchev–Trinajstić information content (AvgIpc) is 2.99. The van der Waals surface area contributed by atoms with Gasteiger partial charge in [0.15, 0.2) is 6.04 Å². The number of imide groups is 1. The van der Waals surface area contributed by atoms with Crippen LogP contribution < -0.4 is 11.5 Å². The fourth-order valence-electron chi connectivity index (χ4n) is 2.45. The molecule has 2 aromatic rings. The molecule has 1 atom stereocenters. The molecule has 0 bridgehead atoms. The van der Waals surface area contributed by atoms with Gasteiger partial charge in [0.1, 0.15) is 0 Å². The molecule has 1 aromatic heterocycles. The number of aromatic nitrogens is 1. The molecule has 1 aliphatic heterocycles. The first kappa shape index (κ1) is 20.7. The smallest absolute Gasteiger partial charge is 0.285 e. The Kier molecular flexibility index (Phi) is 5.64. The Hall–Kier alpha value is -4.00. The third-order valence-electron chi connectivity index (χ3n) is 3.86. The molecule has 13 heteroatoms. The topological polar surface area (TPSA) is 186 Å². The van der Waals surface area contributed by atoms with Crippen LogP contribution in [-0.4, -0.2) is 47.9 Å².